The zero-order valence-corrected chi connectivity index (χ0v) is 13.4. The Labute approximate surface area is 121 Å². The predicted molar refractivity (Wildman–Crippen MR) is 82.7 cm³/mol. The van der Waals surface area contributed by atoms with E-state index in [2.05, 4.69) is 39.1 Å². The average Bonchev–Trinajstić information content (AvgIpc) is 2.76. The van der Waals surface area contributed by atoms with Gasteiger partial charge < -0.3 is 9.73 Å². The molecule has 0 radical (unpaired) electrons. The summed E-state index contributed by atoms with van der Waals surface area (Å²) in [5.41, 5.74) is 0. The Morgan fingerprint density at radius 1 is 1.37 bits per heavy atom. The van der Waals surface area contributed by atoms with Crippen LogP contribution in [0.3, 0.4) is 0 Å². The van der Waals surface area contributed by atoms with Crippen molar-refractivity contribution in [2.75, 3.05) is 6.54 Å². The average molecular weight is 281 g/mol. The predicted octanol–water partition coefficient (Wildman–Crippen LogP) is 4.48. The van der Waals surface area contributed by atoms with Gasteiger partial charge in [0.05, 0.1) is 6.26 Å². The molecule has 108 valence electrons. The van der Waals surface area contributed by atoms with Gasteiger partial charge >= 0.3 is 0 Å². The summed E-state index contributed by atoms with van der Waals surface area (Å²) in [7, 11) is 0. The molecule has 0 bridgehead atoms. The number of nitrogens with one attached hydrogen (secondary N) is 1. The zero-order valence-electron chi connectivity index (χ0n) is 12.6. The third kappa shape index (κ3) is 3.79. The largest absolute Gasteiger partial charge is 0.468 e. The van der Waals surface area contributed by atoms with E-state index in [1.54, 1.807) is 0 Å². The van der Waals surface area contributed by atoms with Gasteiger partial charge in [0.1, 0.15) is 5.76 Å². The maximum absolute atomic E-state index is 5.44. The third-order valence-corrected chi connectivity index (χ3v) is 5.86. The van der Waals surface area contributed by atoms with Crippen molar-refractivity contribution < 1.29 is 4.42 Å². The van der Waals surface area contributed by atoms with Crippen molar-refractivity contribution in [1.82, 2.24) is 5.32 Å². The number of furan rings is 1. The highest BCUT2D eigenvalue weighted by atomic mass is 32.2. The van der Waals surface area contributed by atoms with Gasteiger partial charge in [-0.25, -0.2) is 0 Å². The van der Waals surface area contributed by atoms with E-state index in [4.69, 9.17) is 4.42 Å². The van der Waals surface area contributed by atoms with Gasteiger partial charge in [-0.2, -0.15) is 0 Å². The van der Waals surface area contributed by atoms with E-state index in [1.165, 1.54) is 24.2 Å². The van der Waals surface area contributed by atoms with Crippen LogP contribution < -0.4 is 5.32 Å². The minimum Gasteiger partial charge on any atom is -0.468 e. The molecule has 4 atom stereocenters. The summed E-state index contributed by atoms with van der Waals surface area (Å²) >= 11 is 2.01. The topological polar surface area (TPSA) is 25.2 Å². The van der Waals surface area contributed by atoms with Crippen LogP contribution in [0.2, 0.25) is 0 Å². The molecule has 1 aromatic heterocycles. The molecule has 1 aromatic rings. The molecule has 2 nitrogen and oxygen atoms in total. The van der Waals surface area contributed by atoms with E-state index in [9.17, 15) is 0 Å². The SMILES string of the molecule is CCCNC1CC(C)CC(C)C1Sc1ccoc1C. The Morgan fingerprint density at radius 2 is 2.16 bits per heavy atom. The third-order valence-electron chi connectivity index (χ3n) is 4.12. The van der Waals surface area contributed by atoms with Gasteiger partial charge in [0, 0.05) is 16.2 Å². The highest BCUT2D eigenvalue weighted by molar-refractivity contribution is 8.00. The quantitative estimate of drug-likeness (QED) is 0.861. The minimum absolute atomic E-state index is 0.637. The second-order valence-corrected chi connectivity index (χ2v) is 7.26. The first-order valence-corrected chi connectivity index (χ1v) is 8.44. The lowest BCUT2D eigenvalue weighted by atomic mass is 9.80. The number of aryl methyl sites for hydroxylation is 1. The standard InChI is InChI=1S/C16H27NOS/c1-5-7-17-14-10-11(2)9-12(3)16(14)19-15-6-8-18-13(15)4/h6,8,11-12,14,16-17H,5,7,9-10H2,1-4H3. The van der Waals surface area contributed by atoms with Gasteiger partial charge in [0.2, 0.25) is 0 Å². The minimum atomic E-state index is 0.637. The van der Waals surface area contributed by atoms with E-state index in [0.717, 1.165) is 24.1 Å². The molecule has 0 aromatic carbocycles. The molecule has 0 amide bonds. The summed E-state index contributed by atoms with van der Waals surface area (Å²) in [5, 5.41) is 4.43. The molecule has 0 saturated heterocycles. The first kappa shape index (κ1) is 15.0. The second-order valence-electron chi connectivity index (χ2n) is 6.04. The van der Waals surface area contributed by atoms with Gasteiger partial charge in [0.25, 0.3) is 0 Å². The van der Waals surface area contributed by atoms with Crippen molar-refractivity contribution in [3.8, 4) is 0 Å². The van der Waals surface area contributed by atoms with Crippen molar-refractivity contribution in [1.29, 1.82) is 0 Å². The van der Waals surface area contributed by atoms with Crippen LogP contribution in [0.5, 0.6) is 0 Å². The Hall–Kier alpha value is -0.410. The molecule has 1 aliphatic carbocycles. The van der Waals surface area contributed by atoms with Crippen LogP contribution in [0.1, 0.15) is 45.8 Å². The summed E-state index contributed by atoms with van der Waals surface area (Å²) in [6, 6.07) is 2.75. The summed E-state index contributed by atoms with van der Waals surface area (Å²) in [6.07, 6.45) is 5.67. The first-order valence-electron chi connectivity index (χ1n) is 7.56. The molecule has 1 fully saturated rings. The first-order chi connectivity index (χ1) is 9.11. The van der Waals surface area contributed by atoms with E-state index in [-0.39, 0.29) is 0 Å². The second kappa shape index (κ2) is 6.85. The summed E-state index contributed by atoms with van der Waals surface area (Å²) < 4.78 is 5.44. The lowest BCUT2D eigenvalue weighted by Gasteiger charge is -2.39. The fourth-order valence-electron chi connectivity index (χ4n) is 3.20. The van der Waals surface area contributed by atoms with Crippen molar-refractivity contribution in [2.24, 2.45) is 11.8 Å². The molecule has 1 N–H and O–H groups in total. The molecule has 2 rings (SSSR count). The Kier molecular flexibility index (Phi) is 5.40. The van der Waals surface area contributed by atoms with Crippen LogP contribution in [0.25, 0.3) is 0 Å². The number of thioether (sulfide) groups is 1. The summed E-state index contributed by atoms with van der Waals surface area (Å²) in [6.45, 7) is 10.2. The Bertz CT molecular complexity index is 390. The fraction of sp³-hybridized carbons (Fsp3) is 0.750. The molecule has 0 spiro atoms. The monoisotopic (exact) mass is 281 g/mol. The van der Waals surface area contributed by atoms with Crippen LogP contribution in [0, 0.1) is 18.8 Å². The van der Waals surface area contributed by atoms with Crippen molar-refractivity contribution in [3.63, 3.8) is 0 Å². The highest BCUT2D eigenvalue weighted by Crippen LogP contribution is 2.40. The number of hydrogen-bond donors (Lipinski definition) is 1. The van der Waals surface area contributed by atoms with Crippen LogP contribution in [0.4, 0.5) is 0 Å². The van der Waals surface area contributed by atoms with E-state index >= 15 is 0 Å². The van der Waals surface area contributed by atoms with Crippen LogP contribution >= 0.6 is 11.8 Å². The Morgan fingerprint density at radius 3 is 2.79 bits per heavy atom. The fourth-order valence-corrected chi connectivity index (χ4v) is 4.56. The molecule has 1 saturated carbocycles. The lowest BCUT2D eigenvalue weighted by molar-refractivity contribution is 0.249. The number of rotatable bonds is 5. The van der Waals surface area contributed by atoms with Gasteiger partial charge in [-0.05, 0) is 50.6 Å². The Balaban J connectivity index is 2.06. The summed E-state index contributed by atoms with van der Waals surface area (Å²) in [5.74, 6) is 2.66. The summed E-state index contributed by atoms with van der Waals surface area (Å²) in [4.78, 5) is 1.31. The van der Waals surface area contributed by atoms with Gasteiger partial charge in [-0.1, -0.05) is 20.8 Å². The van der Waals surface area contributed by atoms with Crippen molar-refractivity contribution in [3.05, 3.63) is 18.1 Å². The maximum atomic E-state index is 5.44. The molecular weight excluding hydrogens is 254 g/mol. The lowest BCUT2D eigenvalue weighted by Crippen LogP contribution is -2.46. The van der Waals surface area contributed by atoms with E-state index in [1.807, 2.05) is 18.0 Å². The van der Waals surface area contributed by atoms with Crippen molar-refractivity contribution >= 4 is 11.8 Å². The zero-order chi connectivity index (χ0) is 13.8. The molecular formula is C16H27NOS. The highest BCUT2D eigenvalue weighted by Gasteiger charge is 2.34. The van der Waals surface area contributed by atoms with E-state index in [0.29, 0.717) is 11.3 Å². The normalized spacial score (nSPS) is 31.6. The molecule has 19 heavy (non-hydrogen) atoms. The maximum Gasteiger partial charge on any atom is 0.114 e. The van der Waals surface area contributed by atoms with Crippen LogP contribution in [-0.4, -0.2) is 17.8 Å². The molecule has 1 heterocycles. The molecule has 4 unspecified atom stereocenters. The molecule has 3 heteroatoms. The van der Waals surface area contributed by atoms with Crippen LogP contribution in [0.15, 0.2) is 21.6 Å². The molecule has 1 aliphatic rings. The molecule has 0 aliphatic heterocycles. The van der Waals surface area contributed by atoms with E-state index < -0.39 is 0 Å². The van der Waals surface area contributed by atoms with Gasteiger partial charge in [-0.3, -0.25) is 0 Å². The van der Waals surface area contributed by atoms with Crippen LogP contribution in [-0.2, 0) is 0 Å². The smallest absolute Gasteiger partial charge is 0.114 e. The van der Waals surface area contributed by atoms with Gasteiger partial charge in [0.15, 0.2) is 0 Å². The number of hydrogen-bond acceptors (Lipinski definition) is 3. The van der Waals surface area contributed by atoms with Crippen molar-refractivity contribution in [2.45, 2.75) is 63.1 Å². The van der Waals surface area contributed by atoms with Gasteiger partial charge in [-0.15, -0.1) is 11.8 Å².